The van der Waals surface area contributed by atoms with Crippen LogP contribution in [0.15, 0.2) is 47.1 Å². The van der Waals surface area contributed by atoms with Crippen LogP contribution in [-0.4, -0.2) is 16.1 Å². The van der Waals surface area contributed by atoms with E-state index in [1.807, 2.05) is 25.1 Å². The van der Waals surface area contributed by atoms with Gasteiger partial charge in [0, 0.05) is 22.3 Å². The molecule has 4 nitrogen and oxygen atoms in total. The van der Waals surface area contributed by atoms with Gasteiger partial charge in [0.25, 0.3) is 0 Å². The van der Waals surface area contributed by atoms with Gasteiger partial charge in [-0.05, 0) is 48.9 Å². The third kappa shape index (κ3) is 3.68. The molecule has 0 bridgehead atoms. The van der Waals surface area contributed by atoms with Crippen molar-refractivity contribution in [1.29, 1.82) is 0 Å². The Morgan fingerprint density at radius 3 is 2.90 bits per heavy atom. The average molecular weight is 334 g/mol. The first-order valence-corrected chi connectivity index (χ1v) is 6.65. The number of halogens is 1. The number of benzene rings is 1. The van der Waals surface area contributed by atoms with E-state index >= 15 is 0 Å². The lowest BCUT2D eigenvalue weighted by Gasteiger charge is -2.08. The van der Waals surface area contributed by atoms with Gasteiger partial charge in [0.05, 0.1) is 0 Å². The van der Waals surface area contributed by atoms with E-state index in [4.69, 9.17) is 9.84 Å². The van der Waals surface area contributed by atoms with Crippen molar-refractivity contribution in [1.82, 2.24) is 4.98 Å². The first-order valence-electron chi connectivity index (χ1n) is 5.86. The zero-order valence-corrected chi connectivity index (χ0v) is 12.3. The van der Waals surface area contributed by atoms with E-state index in [-0.39, 0.29) is 0 Å². The van der Waals surface area contributed by atoms with Gasteiger partial charge in [0.15, 0.2) is 0 Å². The molecule has 0 saturated carbocycles. The number of pyridine rings is 1. The van der Waals surface area contributed by atoms with Crippen LogP contribution in [0.2, 0.25) is 0 Å². The number of ether oxygens (including phenoxy) is 1. The number of carboxylic acids is 1. The van der Waals surface area contributed by atoms with Crippen LogP contribution in [-0.2, 0) is 4.79 Å². The minimum atomic E-state index is -1.01. The quantitative estimate of drug-likeness (QED) is 0.857. The highest BCUT2D eigenvalue weighted by molar-refractivity contribution is 9.10. The van der Waals surface area contributed by atoms with Gasteiger partial charge in [0.1, 0.15) is 5.75 Å². The number of hydrogen-bond donors (Lipinski definition) is 1. The minimum Gasteiger partial charge on any atom is -0.478 e. The number of rotatable bonds is 4. The van der Waals surface area contributed by atoms with E-state index in [1.54, 1.807) is 18.3 Å². The van der Waals surface area contributed by atoms with Gasteiger partial charge in [-0.3, -0.25) is 0 Å². The molecule has 1 N–H and O–H groups in total. The molecule has 0 aliphatic carbocycles. The Bertz CT molecular complexity index is 668. The first kappa shape index (κ1) is 14.3. The van der Waals surface area contributed by atoms with Crippen LogP contribution in [0.5, 0.6) is 11.6 Å². The van der Waals surface area contributed by atoms with Crippen LogP contribution < -0.4 is 4.74 Å². The van der Waals surface area contributed by atoms with E-state index in [0.29, 0.717) is 17.2 Å². The molecule has 0 atom stereocenters. The molecule has 0 aliphatic heterocycles. The summed E-state index contributed by atoms with van der Waals surface area (Å²) in [6, 6.07) is 9.05. The molecule has 20 heavy (non-hydrogen) atoms. The minimum absolute atomic E-state index is 0.367. The molecule has 0 fully saturated rings. The molecule has 5 heteroatoms. The lowest BCUT2D eigenvalue weighted by Crippen LogP contribution is -1.92. The van der Waals surface area contributed by atoms with Crippen molar-refractivity contribution in [3.63, 3.8) is 0 Å². The molecule has 2 aromatic rings. The maximum Gasteiger partial charge on any atom is 0.328 e. The van der Waals surface area contributed by atoms with Crippen LogP contribution in [0, 0.1) is 6.92 Å². The summed E-state index contributed by atoms with van der Waals surface area (Å²) < 4.78 is 6.70. The summed E-state index contributed by atoms with van der Waals surface area (Å²) in [6.45, 7) is 1.96. The Morgan fingerprint density at radius 2 is 2.20 bits per heavy atom. The zero-order chi connectivity index (χ0) is 14.5. The molecular weight excluding hydrogens is 322 g/mol. The standard InChI is InChI=1S/C15H12BrNO3/c1-10-9-12(5-6-13(10)16)20-15-11(3-2-8-17-15)4-7-14(18)19/h2-9H,1H3,(H,18,19)/b7-4+. The Kier molecular flexibility index (Phi) is 4.53. The second-order valence-electron chi connectivity index (χ2n) is 4.08. The summed E-state index contributed by atoms with van der Waals surface area (Å²) in [5, 5.41) is 8.67. The second-order valence-corrected chi connectivity index (χ2v) is 4.94. The van der Waals surface area contributed by atoms with Crippen molar-refractivity contribution in [2.45, 2.75) is 6.92 Å². The monoisotopic (exact) mass is 333 g/mol. The fourth-order valence-electron chi connectivity index (χ4n) is 1.57. The molecule has 0 spiro atoms. The fourth-order valence-corrected chi connectivity index (χ4v) is 1.82. The summed E-state index contributed by atoms with van der Waals surface area (Å²) in [5.74, 6) is 0.000358. The number of nitrogens with zero attached hydrogens (tertiary/aromatic N) is 1. The third-order valence-corrected chi connectivity index (χ3v) is 3.44. The Morgan fingerprint density at radius 1 is 1.40 bits per heavy atom. The lowest BCUT2D eigenvalue weighted by atomic mass is 10.2. The third-order valence-electron chi connectivity index (χ3n) is 2.55. The molecule has 2 rings (SSSR count). The molecular formula is C15H12BrNO3. The summed E-state index contributed by atoms with van der Waals surface area (Å²) in [7, 11) is 0. The molecule has 102 valence electrons. The van der Waals surface area contributed by atoms with Crippen LogP contribution in [0.25, 0.3) is 6.08 Å². The van der Waals surface area contributed by atoms with Gasteiger partial charge in [-0.2, -0.15) is 0 Å². The van der Waals surface area contributed by atoms with Crippen molar-refractivity contribution in [2.24, 2.45) is 0 Å². The lowest BCUT2D eigenvalue weighted by molar-refractivity contribution is -0.131. The highest BCUT2D eigenvalue weighted by Gasteiger charge is 2.05. The van der Waals surface area contributed by atoms with E-state index in [9.17, 15) is 4.79 Å². The van der Waals surface area contributed by atoms with Gasteiger partial charge in [0.2, 0.25) is 5.88 Å². The van der Waals surface area contributed by atoms with Crippen molar-refractivity contribution >= 4 is 28.0 Å². The molecule has 1 heterocycles. The first-order chi connectivity index (χ1) is 9.56. The molecule has 0 saturated heterocycles. The predicted octanol–water partition coefficient (Wildman–Crippen LogP) is 4.04. The van der Waals surface area contributed by atoms with Crippen LogP contribution >= 0.6 is 15.9 Å². The maximum atomic E-state index is 10.6. The van der Waals surface area contributed by atoms with Crippen LogP contribution in [0.1, 0.15) is 11.1 Å². The van der Waals surface area contributed by atoms with E-state index < -0.39 is 5.97 Å². The van der Waals surface area contributed by atoms with Gasteiger partial charge < -0.3 is 9.84 Å². The van der Waals surface area contributed by atoms with E-state index in [0.717, 1.165) is 16.1 Å². The number of aryl methyl sites for hydroxylation is 1. The van der Waals surface area contributed by atoms with E-state index in [2.05, 4.69) is 20.9 Å². The van der Waals surface area contributed by atoms with Gasteiger partial charge >= 0.3 is 5.97 Å². The van der Waals surface area contributed by atoms with E-state index in [1.165, 1.54) is 6.08 Å². The highest BCUT2D eigenvalue weighted by Crippen LogP contribution is 2.27. The largest absolute Gasteiger partial charge is 0.478 e. The summed E-state index contributed by atoms with van der Waals surface area (Å²) in [6.07, 6.45) is 4.10. The summed E-state index contributed by atoms with van der Waals surface area (Å²) >= 11 is 3.42. The summed E-state index contributed by atoms with van der Waals surface area (Å²) in [4.78, 5) is 14.7. The van der Waals surface area contributed by atoms with Crippen LogP contribution in [0.3, 0.4) is 0 Å². The highest BCUT2D eigenvalue weighted by atomic mass is 79.9. The zero-order valence-electron chi connectivity index (χ0n) is 10.7. The molecule has 1 aromatic carbocycles. The number of hydrogen-bond acceptors (Lipinski definition) is 3. The average Bonchev–Trinajstić information content (AvgIpc) is 2.42. The SMILES string of the molecule is Cc1cc(Oc2ncccc2/C=C/C(=O)O)ccc1Br. The predicted molar refractivity (Wildman–Crippen MR) is 79.9 cm³/mol. The number of aromatic nitrogens is 1. The number of carbonyl (C=O) groups is 1. The van der Waals surface area contributed by atoms with Gasteiger partial charge in [-0.15, -0.1) is 0 Å². The normalized spacial score (nSPS) is 10.7. The van der Waals surface area contributed by atoms with Crippen molar-refractivity contribution in [2.75, 3.05) is 0 Å². The number of carboxylic acid groups (broad SMARTS) is 1. The van der Waals surface area contributed by atoms with Crippen molar-refractivity contribution < 1.29 is 14.6 Å². The van der Waals surface area contributed by atoms with Crippen molar-refractivity contribution in [3.8, 4) is 11.6 Å². The Balaban J connectivity index is 2.29. The van der Waals surface area contributed by atoms with Crippen molar-refractivity contribution in [3.05, 3.63) is 58.2 Å². The topological polar surface area (TPSA) is 59.4 Å². The summed E-state index contributed by atoms with van der Waals surface area (Å²) in [5.41, 5.74) is 1.65. The van der Waals surface area contributed by atoms with Gasteiger partial charge in [-0.25, -0.2) is 9.78 Å². The Labute approximate surface area is 124 Å². The smallest absolute Gasteiger partial charge is 0.328 e. The second kappa shape index (κ2) is 6.34. The molecule has 1 aromatic heterocycles. The fraction of sp³-hybridized carbons (Fsp3) is 0.0667. The molecule has 0 amide bonds. The van der Waals surface area contributed by atoms with Crippen LogP contribution in [0.4, 0.5) is 0 Å². The maximum absolute atomic E-state index is 10.6. The van der Waals surface area contributed by atoms with Gasteiger partial charge in [-0.1, -0.05) is 15.9 Å². The number of aliphatic carboxylic acids is 1. The molecule has 0 aliphatic rings. The molecule has 0 unspecified atom stereocenters. The molecule has 0 radical (unpaired) electrons. The Hall–Kier alpha value is -2.14.